The van der Waals surface area contributed by atoms with Crippen molar-refractivity contribution in [2.45, 2.75) is 0 Å². The second kappa shape index (κ2) is 4.86. The van der Waals surface area contributed by atoms with E-state index in [1.54, 1.807) is 0 Å². The molecule has 0 saturated carbocycles. The largest absolute Gasteiger partial charge is 0.431 e. The zero-order valence-electron chi connectivity index (χ0n) is 12.8. The summed E-state index contributed by atoms with van der Waals surface area (Å²) in [6, 6.07) is 21.2. The topological polar surface area (TPSA) is 41.7 Å². The molecule has 3 aromatic rings. The highest BCUT2D eigenvalue weighted by Crippen LogP contribution is 2.48. The molecule has 4 nitrogen and oxygen atoms in total. The monoisotopic (exact) mass is 313 g/mol. The highest BCUT2D eigenvalue weighted by Gasteiger charge is 2.33. The molecule has 0 radical (unpaired) electrons. The number of hydrogen-bond donors (Lipinski definition) is 0. The van der Waals surface area contributed by atoms with Gasteiger partial charge in [-0.2, -0.15) is 0 Å². The maximum Gasteiger partial charge on any atom is 0.317 e. The van der Waals surface area contributed by atoms with Gasteiger partial charge < -0.3 is 4.74 Å². The predicted molar refractivity (Wildman–Crippen MR) is 89.3 cm³/mol. The molecule has 2 aliphatic rings. The Hall–Kier alpha value is -3.27. The minimum atomic E-state index is 0.0532. The molecular weight excluding hydrogens is 300 g/mol. The van der Waals surface area contributed by atoms with Crippen LogP contribution in [0.15, 0.2) is 71.8 Å². The van der Waals surface area contributed by atoms with E-state index in [0.29, 0.717) is 18.0 Å². The number of hydrogen-bond acceptors (Lipinski definition) is 3. The third-order valence-electron chi connectivity index (χ3n) is 4.44. The van der Waals surface area contributed by atoms with Crippen LogP contribution in [0.1, 0.15) is 15.9 Å². The Morgan fingerprint density at radius 2 is 1.58 bits per heavy atom. The predicted octanol–water partition coefficient (Wildman–Crippen LogP) is 4.68. The van der Waals surface area contributed by atoms with E-state index in [0.717, 1.165) is 28.1 Å². The Bertz CT molecular complexity index is 1020. The lowest BCUT2D eigenvalue weighted by Gasteiger charge is -2.15. The first-order valence-corrected chi connectivity index (χ1v) is 7.81. The first kappa shape index (κ1) is 13.2. The van der Waals surface area contributed by atoms with Crippen molar-refractivity contribution in [2.24, 2.45) is 5.11 Å². The molecule has 24 heavy (non-hydrogen) atoms. The van der Waals surface area contributed by atoms with Crippen LogP contribution in [0.4, 0.5) is 11.4 Å². The standard InChI is InChI=1S/C20H13N2O2/c23-19-15-9-5-4-8-14(15)18-16(19)10-11-17-20(18)24-12-22(21-17)13-6-2-1-3-7-13/h1-11H,12H2/q+1. The summed E-state index contributed by atoms with van der Waals surface area (Å²) < 4.78 is 7.84. The van der Waals surface area contributed by atoms with Crippen molar-refractivity contribution < 1.29 is 14.2 Å². The molecule has 1 heterocycles. The summed E-state index contributed by atoms with van der Waals surface area (Å²) in [5, 5.41) is 4.69. The summed E-state index contributed by atoms with van der Waals surface area (Å²) in [6.07, 6.45) is 0. The summed E-state index contributed by atoms with van der Waals surface area (Å²) >= 11 is 0. The molecule has 5 rings (SSSR count). The number of carbonyl (C=O) groups excluding carboxylic acids is 1. The fraction of sp³-hybridized carbons (Fsp3) is 0.0500. The molecular formula is C20H13N2O2+. The van der Waals surface area contributed by atoms with Gasteiger partial charge in [0.2, 0.25) is 5.69 Å². The Morgan fingerprint density at radius 3 is 2.42 bits per heavy atom. The average molecular weight is 313 g/mol. The van der Waals surface area contributed by atoms with Gasteiger partial charge in [-0.05, 0) is 22.4 Å². The van der Waals surface area contributed by atoms with Gasteiger partial charge in [-0.1, -0.05) is 42.5 Å². The van der Waals surface area contributed by atoms with Crippen molar-refractivity contribution in [3.63, 3.8) is 0 Å². The van der Waals surface area contributed by atoms with Crippen LogP contribution >= 0.6 is 0 Å². The van der Waals surface area contributed by atoms with Crippen molar-refractivity contribution >= 4 is 17.2 Å². The third kappa shape index (κ3) is 1.77. The Morgan fingerprint density at radius 1 is 0.833 bits per heavy atom. The van der Waals surface area contributed by atoms with Gasteiger partial charge in [-0.15, -0.1) is 0 Å². The third-order valence-corrected chi connectivity index (χ3v) is 4.44. The summed E-state index contributed by atoms with van der Waals surface area (Å²) in [6.45, 7) is 0.323. The molecule has 0 aromatic heterocycles. The van der Waals surface area contributed by atoms with Gasteiger partial charge in [-0.3, -0.25) is 4.79 Å². The fourth-order valence-electron chi connectivity index (χ4n) is 3.31. The molecule has 0 unspecified atom stereocenters. The minimum absolute atomic E-state index is 0.0532. The molecule has 1 aliphatic heterocycles. The zero-order valence-corrected chi connectivity index (χ0v) is 12.8. The second-order valence-electron chi connectivity index (χ2n) is 5.82. The van der Waals surface area contributed by atoms with E-state index in [1.165, 1.54) is 0 Å². The molecule has 0 spiro atoms. The van der Waals surface area contributed by atoms with Crippen LogP contribution < -0.4 is 4.74 Å². The Kier molecular flexibility index (Phi) is 2.67. The van der Waals surface area contributed by atoms with Crippen molar-refractivity contribution in [1.82, 2.24) is 0 Å². The first-order valence-electron chi connectivity index (χ1n) is 7.81. The minimum Gasteiger partial charge on any atom is -0.431 e. The maximum absolute atomic E-state index is 12.6. The number of carbonyl (C=O) groups is 1. The lowest BCUT2D eigenvalue weighted by Crippen LogP contribution is -2.15. The van der Waals surface area contributed by atoms with Crippen LogP contribution in [-0.4, -0.2) is 17.2 Å². The van der Waals surface area contributed by atoms with Crippen molar-refractivity contribution in [3.8, 4) is 16.9 Å². The van der Waals surface area contributed by atoms with Crippen LogP contribution in [-0.2, 0) is 0 Å². The lowest BCUT2D eigenvalue weighted by molar-refractivity contribution is -0.544. The van der Waals surface area contributed by atoms with Crippen LogP contribution in [0, 0.1) is 0 Å². The van der Waals surface area contributed by atoms with Gasteiger partial charge in [0, 0.05) is 33.9 Å². The van der Waals surface area contributed by atoms with E-state index in [4.69, 9.17) is 4.74 Å². The van der Waals surface area contributed by atoms with E-state index in [2.05, 4.69) is 5.11 Å². The summed E-state index contributed by atoms with van der Waals surface area (Å²) in [7, 11) is 0. The van der Waals surface area contributed by atoms with Crippen molar-refractivity contribution in [3.05, 3.63) is 77.9 Å². The summed E-state index contributed by atoms with van der Waals surface area (Å²) in [5.41, 5.74) is 4.93. The van der Waals surface area contributed by atoms with Crippen molar-refractivity contribution in [1.29, 1.82) is 0 Å². The van der Waals surface area contributed by atoms with Gasteiger partial charge in [0.05, 0.1) is 0 Å². The number of para-hydroxylation sites is 1. The molecule has 1 aliphatic carbocycles. The number of benzene rings is 3. The van der Waals surface area contributed by atoms with Gasteiger partial charge in [0.15, 0.2) is 17.2 Å². The van der Waals surface area contributed by atoms with E-state index >= 15 is 0 Å². The molecule has 0 saturated heterocycles. The smallest absolute Gasteiger partial charge is 0.317 e. The quantitative estimate of drug-likeness (QED) is 0.479. The average Bonchev–Trinajstić information content (AvgIpc) is 2.95. The molecule has 0 bridgehead atoms. The van der Waals surface area contributed by atoms with Gasteiger partial charge in [0.1, 0.15) is 0 Å². The van der Waals surface area contributed by atoms with Gasteiger partial charge in [0.25, 0.3) is 0 Å². The van der Waals surface area contributed by atoms with Crippen LogP contribution in [0.3, 0.4) is 0 Å². The Labute approximate surface area is 138 Å². The number of ketones is 1. The Balaban J connectivity index is 1.71. The number of azo groups is 2. The fourth-order valence-corrected chi connectivity index (χ4v) is 3.31. The number of ether oxygens (including phenoxy) is 1. The van der Waals surface area contributed by atoms with Crippen molar-refractivity contribution in [2.75, 3.05) is 6.73 Å². The summed E-state index contributed by atoms with van der Waals surface area (Å²) in [5.74, 6) is 0.746. The number of nitrogens with zero attached hydrogens (tertiary/aromatic N) is 2. The molecule has 0 N–H and O–H groups in total. The molecule has 114 valence electrons. The second-order valence-corrected chi connectivity index (χ2v) is 5.82. The molecule has 3 aromatic carbocycles. The number of fused-ring (bicyclic) bond motifs is 5. The highest BCUT2D eigenvalue weighted by atomic mass is 16.5. The maximum atomic E-state index is 12.6. The van der Waals surface area contributed by atoms with E-state index in [1.807, 2.05) is 71.4 Å². The SMILES string of the molecule is O=C1c2ccccc2-c2c1ccc1c2OC[N+](c2ccccc2)=N1. The molecule has 0 fully saturated rings. The van der Waals surface area contributed by atoms with E-state index < -0.39 is 0 Å². The van der Waals surface area contributed by atoms with E-state index in [9.17, 15) is 4.79 Å². The molecule has 0 atom stereocenters. The van der Waals surface area contributed by atoms with Crippen LogP contribution in [0.5, 0.6) is 5.75 Å². The van der Waals surface area contributed by atoms with Crippen LogP contribution in [0.2, 0.25) is 0 Å². The first-order chi connectivity index (χ1) is 11.8. The highest BCUT2D eigenvalue weighted by molar-refractivity contribution is 6.23. The van der Waals surface area contributed by atoms with E-state index in [-0.39, 0.29) is 5.78 Å². The normalized spacial score (nSPS) is 14.3. The van der Waals surface area contributed by atoms with Crippen LogP contribution in [0.25, 0.3) is 11.1 Å². The molecule has 0 amide bonds. The molecule has 4 heteroatoms. The van der Waals surface area contributed by atoms with Gasteiger partial charge in [-0.25, -0.2) is 0 Å². The number of rotatable bonds is 1. The zero-order chi connectivity index (χ0) is 16.1. The lowest BCUT2D eigenvalue weighted by atomic mass is 10.0. The van der Waals surface area contributed by atoms with Gasteiger partial charge >= 0.3 is 6.73 Å². The summed E-state index contributed by atoms with van der Waals surface area (Å²) in [4.78, 5) is 12.6.